The lowest BCUT2D eigenvalue weighted by atomic mass is 10.1. The molecule has 4 rings (SSSR count). The maximum atomic E-state index is 13.3. The maximum Gasteiger partial charge on any atom is 0.327 e. The summed E-state index contributed by atoms with van der Waals surface area (Å²) in [6, 6.07) is 10.9. The minimum atomic E-state index is -0.280. The van der Waals surface area contributed by atoms with E-state index in [-0.39, 0.29) is 11.9 Å². The topological polar surface area (TPSA) is 80.8 Å². The summed E-state index contributed by atoms with van der Waals surface area (Å²) in [6.07, 6.45) is 5.23. The van der Waals surface area contributed by atoms with Gasteiger partial charge in [0.2, 0.25) is 0 Å². The Balaban J connectivity index is 1.42. The van der Waals surface area contributed by atoms with E-state index in [9.17, 15) is 9.59 Å². The molecule has 1 aromatic carbocycles. The van der Waals surface area contributed by atoms with Gasteiger partial charge in [-0.05, 0) is 69.7 Å². The smallest absolute Gasteiger partial charge is 0.327 e. The van der Waals surface area contributed by atoms with Crippen LogP contribution in [0.4, 0.5) is 22.0 Å². The summed E-state index contributed by atoms with van der Waals surface area (Å²) < 4.78 is 0. The van der Waals surface area contributed by atoms with Crippen molar-refractivity contribution in [1.82, 2.24) is 20.1 Å². The van der Waals surface area contributed by atoms with Crippen LogP contribution in [0, 0.1) is 0 Å². The van der Waals surface area contributed by atoms with Crippen molar-refractivity contribution in [1.29, 1.82) is 0 Å². The van der Waals surface area contributed by atoms with Crippen LogP contribution >= 0.6 is 0 Å². The quantitative estimate of drug-likeness (QED) is 0.641. The van der Waals surface area contributed by atoms with Crippen LogP contribution in [0.1, 0.15) is 43.5 Å². The van der Waals surface area contributed by atoms with E-state index >= 15 is 0 Å². The zero-order chi connectivity index (χ0) is 23.2. The van der Waals surface area contributed by atoms with Crippen molar-refractivity contribution in [2.24, 2.45) is 0 Å². The number of pyridine rings is 1. The lowest BCUT2D eigenvalue weighted by Crippen LogP contribution is -2.43. The van der Waals surface area contributed by atoms with Gasteiger partial charge in [-0.3, -0.25) is 9.69 Å². The average molecular weight is 451 g/mol. The summed E-state index contributed by atoms with van der Waals surface area (Å²) in [5, 5.41) is 5.93. The van der Waals surface area contributed by atoms with Gasteiger partial charge >= 0.3 is 6.03 Å². The standard InChI is InChI=1S/C25H34N6O2/c1-3-29(4-2)17-13-19-9-8-16-30(19)18-15-27-25(33)31-22-12-6-5-10-20(22)24(32)28-21-11-7-14-26-23(21)31/h5-7,10-12,14,19H,3-4,8-9,13,15-18H2,1-2H3,(H,27,33)(H,28,32)/t19-/m1/s1. The molecule has 8 nitrogen and oxygen atoms in total. The molecule has 0 saturated carbocycles. The first-order valence-corrected chi connectivity index (χ1v) is 12.0. The highest BCUT2D eigenvalue weighted by Crippen LogP contribution is 2.36. The number of fused-ring (bicyclic) bond motifs is 2. The van der Waals surface area contributed by atoms with E-state index in [0.29, 0.717) is 35.3 Å². The number of benzene rings is 1. The van der Waals surface area contributed by atoms with Gasteiger partial charge in [-0.25, -0.2) is 14.7 Å². The maximum absolute atomic E-state index is 13.3. The van der Waals surface area contributed by atoms with Crippen LogP contribution in [0.2, 0.25) is 0 Å². The Morgan fingerprint density at radius 3 is 2.85 bits per heavy atom. The molecule has 2 aliphatic heterocycles. The van der Waals surface area contributed by atoms with E-state index in [4.69, 9.17) is 0 Å². The summed E-state index contributed by atoms with van der Waals surface area (Å²) in [6.45, 7) is 10.2. The highest BCUT2D eigenvalue weighted by Gasteiger charge is 2.30. The Morgan fingerprint density at radius 1 is 1.21 bits per heavy atom. The molecule has 0 bridgehead atoms. The zero-order valence-corrected chi connectivity index (χ0v) is 19.6. The van der Waals surface area contributed by atoms with Gasteiger partial charge in [-0.2, -0.15) is 0 Å². The van der Waals surface area contributed by atoms with Crippen LogP contribution in [0.5, 0.6) is 0 Å². The van der Waals surface area contributed by atoms with Crippen molar-refractivity contribution in [2.75, 3.05) is 49.5 Å². The Hall–Kier alpha value is -2.97. The molecule has 1 fully saturated rings. The number of likely N-dealkylation sites (tertiary alicyclic amines) is 1. The number of hydrogen-bond donors (Lipinski definition) is 2. The Morgan fingerprint density at radius 2 is 2.03 bits per heavy atom. The fourth-order valence-corrected chi connectivity index (χ4v) is 4.82. The van der Waals surface area contributed by atoms with Crippen molar-refractivity contribution in [2.45, 2.75) is 39.2 Å². The summed E-state index contributed by atoms with van der Waals surface area (Å²) >= 11 is 0. The molecule has 8 heteroatoms. The Kier molecular flexibility index (Phi) is 7.57. The Bertz CT molecular complexity index is 977. The van der Waals surface area contributed by atoms with Crippen LogP contribution in [-0.2, 0) is 0 Å². The lowest BCUT2D eigenvalue weighted by Gasteiger charge is -2.28. The number of anilines is 3. The predicted octanol–water partition coefficient (Wildman–Crippen LogP) is 3.69. The van der Waals surface area contributed by atoms with E-state index < -0.39 is 0 Å². The molecule has 0 aliphatic carbocycles. The first-order chi connectivity index (χ1) is 16.1. The predicted molar refractivity (Wildman–Crippen MR) is 131 cm³/mol. The third-order valence-corrected chi connectivity index (χ3v) is 6.69. The minimum absolute atomic E-state index is 0.247. The first kappa shape index (κ1) is 23.2. The highest BCUT2D eigenvalue weighted by atomic mass is 16.2. The van der Waals surface area contributed by atoms with E-state index in [1.54, 1.807) is 36.5 Å². The van der Waals surface area contributed by atoms with E-state index in [1.165, 1.54) is 24.2 Å². The van der Waals surface area contributed by atoms with Gasteiger partial charge in [0.15, 0.2) is 5.82 Å². The largest absolute Gasteiger partial charge is 0.336 e. The molecule has 2 aromatic rings. The average Bonchev–Trinajstić information content (AvgIpc) is 3.23. The van der Waals surface area contributed by atoms with Gasteiger partial charge in [-0.15, -0.1) is 0 Å². The molecule has 1 atom stereocenters. The van der Waals surface area contributed by atoms with Crippen molar-refractivity contribution >= 4 is 29.1 Å². The number of rotatable bonds is 8. The summed E-state index contributed by atoms with van der Waals surface area (Å²) in [7, 11) is 0. The van der Waals surface area contributed by atoms with Gasteiger partial charge in [0.25, 0.3) is 5.91 Å². The van der Waals surface area contributed by atoms with Crippen molar-refractivity contribution in [3.05, 3.63) is 48.2 Å². The monoisotopic (exact) mass is 450 g/mol. The normalized spacial score (nSPS) is 18.0. The third-order valence-electron chi connectivity index (χ3n) is 6.69. The molecule has 1 saturated heterocycles. The number of aromatic nitrogens is 1. The molecule has 33 heavy (non-hydrogen) atoms. The van der Waals surface area contributed by atoms with E-state index in [2.05, 4.69) is 39.3 Å². The molecule has 0 spiro atoms. The van der Waals surface area contributed by atoms with Gasteiger partial charge in [0.05, 0.1) is 16.9 Å². The molecular weight excluding hydrogens is 416 g/mol. The number of carbonyl (C=O) groups is 2. The molecular formula is C25H34N6O2. The second-order valence-corrected chi connectivity index (χ2v) is 8.56. The number of para-hydroxylation sites is 1. The van der Waals surface area contributed by atoms with Crippen LogP contribution < -0.4 is 15.5 Å². The first-order valence-electron chi connectivity index (χ1n) is 12.0. The van der Waals surface area contributed by atoms with Crippen molar-refractivity contribution in [3.8, 4) is 0 Å². The van der Waals surface area contributed by atoms with Crippen LogP contribution in [-0.4, -0.2) is 72.0 Å². The summed E-state index contributed by atoms with van der Waals surface area (Å²) in [5.74, 6) is 0.176. The summed E-state index contributed by atoms with van der Waals surface area (Å²) in [4.78, 5) is 36.9. The highest BCUT2D eigenvalue weighted by molar-refractivity contribution is 6.16. The van der Waals surface area contributed by atoms with Gasteiger partial charge in [-0.1, -0.05) is 26.0 Å². The van der Waals surface area contributed by atoms with Crippen LogP contribution in [0.25, 0.3) is 0 Å². The number of carbonyl (C=O) groups excluding carboxylic acids is 2. The van der Waals surface area contributed by atoms with Gasteiger partial charge in [0.1, 0.15) is 0 Å². The van der Waals surface area contributed by atoms with Crippen molar-refractivity contribution in [3.63, 3.8) is 0 Å². The molecule has 3 heterocycles. The second kappa shape index (κ2) is 10.8. The summed E-state index contributed by atoms with van der Waals surface area (Å²) in [5.41, 5.74) is 1.50. The molecule has 0 unspecified atom stereocenters. The molecule has 1 aromatic heterocycles. The van der Waals surface area contributed by atoms with Gasteiger partial charge in [0, 0.05) is 25.3 Å². The number of urea groups is 1. The van der Waals surface area contributed by atoms with E-state index in [1.807, 2.05) is 6.07 Å². The second-order valence-electron chi connectivity index (χ2n) is 8.56. The molecule has 0 radical (unpaired) electrons. The lowest BCUT2D eigenvalue weighted by molar-refractivity contribution is 0.102. The third kappa shape index (κ3) is 5.17. The zero-order valence-electron chi connectivity index (χ0n) is 19.6. The number of amides is 3. The van der Waals surface area contributed by atoms with Crippen molar-refractivity contribution < 1.29 is 9.59 Å². The fraction of sp³-hybridized carbons (Fsp3) is 0.480. The number of nitrogens with zero attached hydrogens (tertiary/aromatic N) is 4. The fourth-order valence-electron chi connectivity index (χ4n) is 4.82. The molecule has 176 valence electrons. The van der Waals surface area contributed by atoms with Crippen LogP contribution in [0.3, 0.4) is 0 Å². The van der Waals surface area contributed by atoms with Crippen LogP contribution in [0.15, 0.2) is 42.6 Å². The van der Waals surface area contributed by atoms with E-state index in [0.717, 1.165) is 32.7 Å². The molecule has 2 N–H and O–H groups in total. The van der Waals surface area contributed by atoms with Gasteiger partial charge < -0.3 is 15.5 Å². The Labute approximate surface area is 196 Å². The number of hydrogen-bond acceptors (Lipinski definition) is 5. The minimum Gasteiger partial charge on any atom is -0.336 e. The molecule has 3 amide bonds. The SMILES string of the molecule is CCN(CC)CC[C@H]1CCCN1CCNC(=O)N1c2ccccc2C(=O)Nc2cccnc21. The molecule has 2 aliphatic rings. The number of nitrogens with one attached hydrogen (secondary N) is 2.